The van der Waals surface area contributed by atoms with E-state index in [0.717, 1.165) is 39.4 Å². The molecule has 0 atom stereocenters. The molecule has 0 N–H and O–H groups in total. The quantitative estimate of drug-likeness (QED) is 0.151. The van der Waals surface area contributed by atoms with Crippen molar-refractivity contribution in [3.05, 3.63) is 212 Å². The molecule has 0 bridgehead atoms. The molecule has 0 amide bonds. The Hall–Kier alpha value is -7.16. The van der Waals surface area contributed by atoms with Gasteiger partial charge in [0.25, 0.3) is 0 Å². The highest BCUT2D eigenvalue weighted by atomic mass is 16.3. The van der Waals surface area contributed by atoms with E-state index in [1.165, 1.54) is 60.5 Å². The maximum absolute atomic E-state index is 6.66. The van der Waals surface area contributed by atoms with Crippen molar-refractivity contribution in [1.82, 2.24) is 0 Å². The standard InChI is InChI=1S/C56H43NO/c1-56(2,3)54-52-21-9-10-22-53(52)58-55(54)46-18-12-19-49(37-46)57(47-30-25-39(26-31-47)43-17-11-16-42(35-43)38-13-5-4-6-14-38)48-32-27-40(28-33-48)44-29-34-51-45(36-44)24-23-41-15-7-8-20-50(41)51/h4-37H,1-3H3. The van der Waals surface area contributed by atoms with Crippen molar-refractivity contribution in [2.45, 2.75) is 26.2 Å². The lowest BCUT2D eigenvalue weighted by atomic mass is 9.83. The molecule has 0 spiro atoms. The fraction of sp³-hybridized carbons (Fsp3) is 0.0714. The van der Waals surface area contributed by atoms with Crippen LogP contribution in [0, 0.1) is 0 Å². The molecule has 0 aliphatic rings. The van der Waals surface area contributed by atoms with E-state index in [-0.39, 0.29) is 5.41 Å². The second-order valence-corrected chi connectivity index (χ2v) is 16.2. The van der Waals surface area contributed by atoms with E-state index >= 15 is 0 Å². The van der Waals surface area contributed by atoms with E-state index in [1.807, 2.05) is 6.07 Å². The minimum absolute atomic E-state index is 0.114. The van der Waals surface area contributed by atoms with Crippen LogP contribution in [0.4, 0.5) is 17.1 Å². The predicted octanol–water partition coefficient (Wildman–Crippen LogP) is 16.2. The summed E-state index contributed by atoms with van der Waals surface area (Å²) in [5.41, 5.74) is 13.4. The average Bonchev–Trinajstić information content (AvgIpc) is 3.68. The van der Waals surface area contributed by atoms with Gasteiger partial charge in [-0.3, -0.25) is 0 Å². The highest BCUT2D eigenvalue weighted by molar-refractivity contribution is 6.08. The molecular weight excluding hydrogens is 703 g/mol. The summed E-state index contributed by atoms with van der Waals surface area (Å²) < 4.78 is 6.66. The normalized spacial score (nSPS) is 11.7. The fourth-order valence-electron chi connectivity index (χ4n) is 8.53. The first-order chi connectivity index (χ1) is 28.4. The van der Waals surface area contributed by atoms with Gasteiger partial charge in [-0.05, 0) is 115 Å². The molecule has 1 aromatic heterocycles. The van der Waals surface area contributed by atoms with Gasteiger partial charge in [-0.1, -0.05) is 172 Å². The highest BCUT2D eigenvalue weighted by Crippen LogP contribution is 2.44. The Labute approximate surface area is 340 Å². The molecule has 0 unspecified atom stereocenters. The topological polar surface area (TPSA) is 16.4 Å². The fourth-order valence-corrected chi connectivity index (χ4v) is 8.53. The largest absolute Gasteiger partial charge is 0.456 e. The van der Waals surface area contributed by atoms with Gasteiger partial charge >= 0.3 is 0 Å². The van der Waals surface area contributed by atoms with Crippen molar-refractivity contribution in [3.8, 4) is 44.7 Å². The van der Waals surface area contributed by atoms with Crippen molar-refractivity contribution in [1.29, 1.82) is 0 Å². The van der Waals surface area contributed by atoms with Gasteiger partial charge in [0.1, 0.15) is 11.3 Å². The second-order valence-electron chi connectivity index (χ2n) is 16.2. The van der Waals surface area contributed by atoms with Crippen molar-refractivity contribution in [3.63, 3.8) is 0 Å². The van der Waals surface area contributed by atoms with E-state index < -0.39 is 0 Å². The van der Waals surface area contributed by atoms with Gasteiger partial charge in [0.2, 0.25) is 0 Å². The molecule has 278 valence electrons. The summed E-state index contributed by atoms with van der Waals surface area (Å²) in [5, 5.41) is 6.23. The number of furan rings is 1. The molecule has 1 heterocycles. The molecule has 0 radical (unpaired) electrons. The van der Waals surface area contributed by atoms with Crippen LogP contribution in [0.2, 0.25) is 0 Å². The molecule has 10 rings (SSSR count). The van der Waals surface area contributed by atoms with Gasteiger partial charge in [0.05, 0.1) is 0 Å². The molecule has 10 aromatic rings. The maximum atomic E-state index is 6.66. The van der Waals surface area contributed by atoms with Crippen LogP contribution >= 0.6 is 0 Å². The van der Waals surface area contributed by atoms with Gasteiger partial charge in [0, 0.05) is 33.6 Å². The molecule has 0 fully saturated rings. The Morgan fingerprint density at radius 3 is 1.57 bits per heavy atom. The first kappa shape index (κ1) is 35.3. The third-order valence-corrected chi connectivity index (χ3v) is 11.3. The Morgan fingerprint density at radius 2 is 0.862 bits per heavy atom. The Bertz CT molecular complexity index is 3080. The zero-order valence-electron chi connectivity index (χ0n) is 33.0. The van der Waals surface area contributed by atoms with Crippen LogP contribution in [0.5, 0.6) is 0 Å². The number of benzene rings is 9. The molecule has 0 saturated heterocycles. The van der Waals surface area contributed by atoms with Gasteiger partial charge in [-0.25, -0.2) is 0 Å². The van der Waals surface area contributed by atoms with Gasteiger partial charge in [-0.2, -0.15) is 0 Å². The lowest BCUT2D eigenvalue weighted by Gasteiger charge is -2.27. The van der Waals surface area contributed by atoms with E-state index in [9.17, 15) is 0 Å². The van der Waals surface area contributed by atoms with E-state index in [0.29, 0.717) is 0 Å². The summed E-state index contributed by atoms with van der Waals surface area (Å²) >= 11 is 0. The molecule has 0 saturated carbocycles. The van der Waals surface area contributed by atoms with Crippen molar-refractivity contribution < 1.29 is 4.42 Å². The summed E-state index contributed by atoms with van der Waals surface area (Å²) in [6.07, 6.45) is 0. The van der Waals surface area contributed by atoms with Gasteiger partial charge in [-0.15, -0.1) is 0 Å². The summed E-state index contributed by atoms with van der Waals surface area (Å²) in [6.45, 7) is 6.79. The van der Waals surface area contributed by atoms with Crippen LogP contribution in [0.3, 0.4) is 0 Å². The summed E-state index contributed by atoms with van der Waals surface area (Å²) in [4.78, 5) is 2.35. The first-order valence-electron chi connectivity index (χ1n) is 20.1. The number of fused-ring (bicyclic) bond motifs is 4. The number of para-hydroxylation sites is 1. The number of rotatable bonds is 7. The molecule has 2 nitrogen and oxygen atoms in total. The second kappa shape index (κ2) is 14.4. The third-order valence-electron chi connectivity index (χ3n) is 11.3. The summed E-state index contributed by atoms with van der Waals surface area (Å²) in [6, 6.07) is 74.3. The number of hydrogen-bond acceptors (Lipinski definition) is 2. The smallest absolute Gasteiger partial charge is 0.139 e. The zero-order chi connectivity index (χ0) is 39.2. The Morgan fingerprint density at radius 1 is 0.345 bits per heavy atom. The van der Waals surface area contributed by atoms with Crippen LogP contribution < -0.4 is 4.90 Å². The molecule has 58 heavy (non-hydrogen) atoms. The minimum atomic E-state index is -0.114. The molecule has 2 heteroatoms. The third kappa shape index (κ3) is 6.53. The lowest BCUT2D eigenvalue weighted by Crippen LogP contribution is -2.12. The van der Waals surface area contributed by atoms with E-state index in [4.69, 9.17) is 4.42 Å². The van der Waals surface area contributed by atoms with Crippen LogP contribution in [-0.2, 0) is 5.41 Å². The number of nitrogens with zero attached hydrogens (tertiary/aromatic N) is 1. The van der Waals surface area contributed by atoms with Gasteiger partial charge in [0.15, 0.2) is 0 Å². The van der Waals surface area contributed by atoms with Crippen molar-refractivity contribution in [2.75, 3.05) is 4.90 Å². The van der Waals surface area contributed by atoms with Crippen LogP contribution in [-0.4, -0.2) is 0 Å². The molecule has 0 aliphatic heterocycles. The summed E-state index contributed by atoms with van der Waals surface area (Å²) in [7, 11) is 0. The number of hydrogen-bond donors (Lipinski definition) is 0. The van der Waals surface area contributed by atoms with Crippen molar-refractivity contribution in [2.24, 2.45) is 0 Å². The molecular formula is C56H43NO. The van der Waals surface area contributed by atoms with Crippen molar-refractivity contribution >= 4 is 49.6 Å². The van der Waals surface area contributed by atoms with Crippen LogP contribution in [0.15, 0.2) is 211 Å². The Balaban J connectivity index is 1.06. The number of anilines is 3. The molecule has 0 aliphatic carbocycles. The SMILES string of the molecule is CC(C)(C)c1c(-c2cccc(N(c3ccc(-c4cccc(-c5ccccc5)c4)cc3)c3ccc(-c4ccc5c(ccc6ccccc65)c4)cc3)c2)oc2ccccc12. The lowest BCUT2D eigenvalue weighted by molar-refractivity contribution is 0.568. The monoisotopic (exact) mass is 745 g/mol. The van der Waals surface area contributed by atoms with E-state index in [2.05, 4.69) is 226 Å². The van der Waals surface area contributed by atoms with Gasteiger partial charge < -0.3 is 9.32 Å². The molecule has 9 aromatic carbocycles. The van der Waals surface area contributed by atoms with Crippen LogP contribution in [0.25, 0.3) is 77.2 Å². The zero-order valence-corrected chi connectivity index (χ0v) is 33.0. The minimum Gasteiger partial charge on any atom is -0.456 e. The Kier molecular flexibility index (Phi) is 8.76. The average molecular weight is 746 g/mol. The highest BCUT2D eigenvalue weighted by Gasteiger charge is 2.26. The predicted molar refractivity (Wildman–Crippen MR) is 246 cm³/mol. The first-order valence-corrected chi connectivity index (χ1v) is 20.1. The van der Waals surface area contributed by atoms with Crippen LogP contribution in [0.1, 0.15) is 26.3 Å². The van der Waals surface area contributed by atoms with E-state index in [1.54, 1.807) is 0 Å². The summed E-state index contributed by atoms with van der Waals surface area (Å²) in [5.74, 6) is 0.920. The maximum Gasteiger partial charge on any atom is 0.139 e.